The Hall–Kier alpha value is -9.00. The number of benzene rings is 4. The number of amides is 3. The van der Waals surface area contributed by atoms with Crippen molar-refractivity contribution in [2.75, 3.05) is 136 Å². The minimum Gasteiger partial charge on any atom is -0.508 e. The second-order valence-corrected chi connectivity index (χ2v) is 27.3. The van der Waals surface area contributed by atoms with Crippen LogP contribution in [-0.2, 0) is 64.8 Å². The molecule has 112 heavy (non-hydrogen) atoms. The molecule has 4 aromatic heterocycles. The van der Waals surface area contributed by atoms with Gasteiger partial charge in [-0.2, -0.15) is 0 Å². The number of unbranched alkanes of at least 4 members (excludes halogenated alkanes) is 4. The van der Waals surface area contributed by atoms with E-state index in [2.05, 4.69) is 218 Å². The van der Waals surface area contributed by atoms with E-state index in [9.17, 15) is 19.5 Å². The Morgan fingerprint density at radius 3 is 1.37 bits per heavy atom. The lowest BCUT2D eigenvalue weighted by molar-refractivity contribution is -0.119. The van der Waals surface area contributed by atoms with Gasteiger partial charge in [0.05, 0.1) is 19.0 Å². The van der Waals surface area contributed by atoms with Crippen molar-refractivity contribution in [1.29, 1.82) is 0 Å². The molecule has 0 spiro atoms. The van der Waals surface area contributed by atoms with Crippen LogP contribution in [0.5, 0.6) is 5.75 Å². The number of aromatic nitrogens is 7. The Labute approximate surface area is 677 Å². The Balaban J connectivity index is 0.00000124. The number of imidazole rings is 3. The van der Waals surface area contributed by atoms with Gasteiger partial charge >= 0.3 is 0 Å². The van der Waals surface area contributed by atoms with Crippen LogP contribution < -0.4 is 42.5 Å². The van der Waals surface area contributed by atoms with Gasteiger partial charge in [0.2, 0.25) is 17.7 Å². The number of anilines is 4. The maximum absolute atomic E-state index is 10.5. The molecule has 0 saturated heterocycles. The van der Waals surface area contributed by atoms with Crippen LogP contribution in [0.1, 0.15) is 174 Å². The zero-order chi connectivity index (χ0) is 83.4. The van der Waals surface area contributed by atoms with Gasteiger partial charge in [0.15, 0.2) is 0 Å². The number of carbonyl (C=O) groups excluding carboxylic acids is 3. The number of hydrogen-bond acceptors (Lipinski definition) is 16. The molecule has 8 aromatic rings. The van der Waals surface area contributed by atoms with Gasteiger partial charge in [0, 0.05) is 200 Å². The first-order valence-electron chi connectivity index (χ1n) is 40.9. The lowest BCUT2D eigenvalue weighted by Crippen LogP contribution is -2.27. The molecule has 1 atom stereocenters. The highest BCUT2D eigenvalue weighted by Gasteiger charge is 2.08. The largest absolute Gasteiger partial charge is 0.508 e. The van der Waals surface area contributed by atoms with Crippen molar-refractivity contribution in [3.8, 4) is 5.75 Å². The fraction of sp³-hybridized carbons (Fsp3) is 0.551. The Kier molecular flexibility index (Phi) is 63.2. The van der Waals surface area contributed by atoms with Crippen molar-refractivity contribution >= 4 is 40.5 Å². The zero-order valence-electron chi connectivity index (χ0n) is 72.9. The van der Waals surface area contributed by atoms with E-state index >= 15 is 0 Å². The molecule has 3 amide bonds. The topological polar surface area (TPSA) is 245 Å². The molecule has 23 nitrogen and oxygen atoms in total. The van der Waals surface area contributed by atoms with Gasteiger partial charge in [-0.25, -0.2) is 15.0 Å². The van der Waals surface area contributed by atoms with Crippen molar-refractivity contribution < 1.29 is 24.2 Å². The van der Waals surface area contributed by atoms with Crippen LogP contribution in [0.25, 0.3) is 0 Å². The van der Waals surface area contributed by atoms with E-state index in [4.69, 9.17) is 4.74 Å². The van der Waals surface area contributed by atoms with Crippen LogP contribution in [0.15, 0.2) is 160 Å². The number of methoxy groups -OCH3 is 1. The Morgan fingerprint density at radius 2 is 0.902 bits per heavy atom. The standard InChI is InChI=1S/2C13H22N2.C11H17NO.C10H24N2.C9H15N3O.C9H14N2O.C9H16N2O.C8H11N.C7H11N3O/c1-5-15(6-2)10-12-7-8-13(14-4)9-11(12)3;1-5-15(6-2)10-12-9-13(14-4)8-7-11(12)3;1-3-4-5-9-8-10(12-2)6-7-11(9)13;1-5-12(6-2)9-7-8-10(3)11-4;1-9(13)11-4-2-3-6-12-7-5-10-8-12;1-9(12)10-5-4-8-11-6-2-3-7-11;1-12-8-4-2-3-6-11-7-5-10-9-11;1-7-3-5-8(9-2)6-4-7;1-7(11)9-3-5-10-4-2-8-6-10/h2*7-9,14H,5-6,10H2,1-4H3;6-8,12-13H,3-5H2,1-2H3;10-11H,5-9H2,1-4H3;5,7-8H,2-4,6H2,1H3,(H,11,13);2-3,6-7H,4-5,8H2,1H3,(H,10,12);5,7,9H,2-4,6,8H2,1H3;3-6,9H,1-2H3;2,4,6H,3,5H2,1H3,(H,9,11). The van der Waals surface area contributed by atoms with Gasteiger partial charge in [-0.15, -0.1) is 0 Å². The van der Waals surface area contributed by atoms with E-state index in [0.717, 1.165) is 141 Å². The first-order valence-corrected chi connectivity index (χ1v) is 40.9. The van der Waals surface area contributed by atoms with Crippen LogP contribution >= 0.6 is 0 Å². The van der Waals surface area contributed by atoms with Crippen LogP contribution in [-0.4, -0.2) is 191 Å². The predicted octanol–water partition coefficient (Wildman–Crippen LogP) is 15.8. The monoisotopic (exact) mass is 1550 g/mol. The number of aryl methyl sites for hydroxylation is 7. The highest BCUT2D eigenvalue weighted by atomic mass is 16.5. The van der Waals surface area contributed by atoms with Crippen molar-refractivity contribution in [1.82, 2.24) is 69.2 Å². The number of rotatable bonds is 40. The molecule has 0 bridgehead atoms. The maximum Gasteiger partial charge on any atom is 0.216 e. The summed E-state index contributed by atoms with van der Waals surface area (Å²) in [4.78, 5) is 50.6. The molecule has 4 aromatic carbocycles. The van der Waals surface area contributed by atoms with Gasteiger partial charge in [0.1, 0.15) is 5.75 Å². The molecule has 8 rings (SSSR count). The molecule has 0 aliphatic rings. The number of nitrogens with zero attached hydrogens (tertiary/aromatic N) is 10. The summed E-state index contributed by atoms with van der Waals surface area (Å²) >= 11 is 0. The molecule has 4 heterocycles. The zero-order valence-corrected chi connectivity index (χ0v) is 72.9. The highest BCUT2D eigenvalue weighted by molar-refractivity contribution is 5.73. The summed E-state index contributed by atoms with van der Waals surface area (Å²) in [5.41, 5.74) is 12.5. The molecule has 0 saturated carbocycles. The molecule has 0 aliphatic carbocycles. The summed E-state index contributed by atoms with van der Waals surface area (Å²) < 4.78 is 13.1. The SMILES string of the molecule is CC(=O)NCCCCn1ccnc1.CC(=O)NCCCn1cccc1.CC(=O)NCCn1ccnc1.CCCCc1cc(NC)ccc1O.CCN(CC)CCCC(C)NC.CCN(CC)Cc1cc(NC)ccc1C.CCN(CC)Cc1ccc(NC)cc1C.CNc1ccc(C)cc1.COCCCCCn1ccnc1. The van der Waals surface area contributed by atoms with Crippen LogP contribution in [0, 0.1) is 20.8 Å². The predicted molar refractivity (Wildman–Crippen MR) is 474 cm³/mol. The lowest BCUT2D eigenvalue weighted by atomic mass is 10.1. The third-order valence-electron chi connectivity index (χ3n) is 18.4. The molecule has 23 heteroatoms. The lowest BCUT2D eigenvalue weighted by Gasteiger charge is -2.19. The van der Waals surface area contributed by atoms with Gasteiger partial charge in [0.25, 0.3) is 0 Å². The van der Waals surface area contributed by atoms with Crippen LogP contribution in [0.2, 0.25) is 0 Å². The minimum atomic E-state index is 0.00474. The summed E-state index contributed by atoms with van der Waals surface area (Å²) in [7, 11) is 11.5. The summed E-state index contributed by atoms with van der Waals surface area (Å²) in [5.74, 6) is 0.503. The third-order valence-corrected chi connectivity index (χ3v) is 18.4. The second kappa shape index (κ2) is 68.8. The molecule has 1 unspecified atom stereocenters. The van der Waals surface area contributed by atoms with Crippen molar-refractivity contribution in [2.45, 2.75) is 213 Å². The molecular weight excluding hydrogens is 1400 g/mol. The summed E-state index contributed by atoms with van der Waals surface area (Å²) in [6.07, 6.45) is 33.0. The molecule has 0 radical (unpaired) electrons. The summed E-state index contributed by atoms with van der Waals surface area (Å²) in [5, 5.41) is 33.5. The molecule has 9 N–H and O–H groups in total. The van der Waals surface area contributed by atoms with Gasteiger partial charge in [-0.3, -0.25) is 24.2 Å². The average molecular weight is 1550 g/mol. The highest BCUT2D eigenvalue weighted by Crippen LogP contribution is 2.23. The van der Waals surface area contributed by atoms with E-state index in [-0.39, 0.29) is 17.7 Å². The van der Waals surface area contributed by atoms with E-state index in [1.54, 1.807) is 38.2 Å². The molecular formula is C89H152N18O5. The average Bonchev–Trinajstić information content (AvgIpc) is 1.09. The number of phenolic OH excluding ortho intramolecular Hbond substituents is 1. The fourth-order valence-electron chi connectivity index (χ4n) is 10.8. The number of ether oxygens (including phenoxy) is 1. The van der Waals surface area contributed by atoms with Gasteiger partial charge < -0.3 is 75.5 Å². The number of nitrogens with one attached hydrogen (secondary N) is 8. The second-order valence-electron chi connectivity index (χ2n) is 27.3. The van der Waals surface area contributed by atoms with Crippen molar-refractivity contribution in [2.24, 2.45) is 0 Å². The molecule has 0 fully saturated rings. The first kappa shape index (κ1) is 103. The molecule has 0 aliphatic heterocycles. The Morgan fingerprint density at radius 1 is 0.455 bits per heavy atom. The third kappa shape index (κ3) is 54.6. The number of carbonyl (C=O) groups is 3. The van der Waals surface area contributed by atoms with E-state index in [0.29, 0.717) is 18.3 Å². The van der Waals surface area contributed by atoms with Crippen LogP contribution in [0.4, 0.5) is 22.7 Å². The quantitative estimate of drug-likeness (QED) is 0.0128. The van der Waals surface area contributed by atoms with E-state index in [1.165, 1.54) is 111 Å². The van der Waals surface area contributed by atoms with E-state index < -0.39 is 0 Å². The van der Waals surface area contributed by atoms with Crippen LogP contribution in [0.3, 0.4) is 0 Å². The van der Waals surface area contributed by atoms with Crippen molar-refractivity contribution in [3.63, 3.8) is 0 Å². The van der Waals surface area contributed by atoms with Gasteiger partial charge in [-0.05, 0) is 239 Å². The summed E-state index contributed by atoms with van der Waals surface area (Å²) in [6, 6.07) is 31.7. The smallest absolute Gasteiger partial charge is 0.216 e. The number of aromatic hydroxyl groups is 1. The number of hydrogen-bond donors (Lipinski definition) is 9. The normalized spacial score (nSPS) is 10.5. The fourth-order valence-corrected chi connectivity index (χ4v) is 10.8. The van der Waals surface area contributed by atoms with Crippen molar-refractivity contribution in [3.05, 3.63) is 193 Å². The van der Waals surface area contributed by atoms with Gasteiger partial charge in [-0.1, -0.05) is 84.7 Å². The summed E-state index contributed by atoms with van der Waals surface area (Å²) in [6.45, 7) is 45.7. The Bertz CT molecular complexity index is 3450. The minimum absolute atomic E-state index is 0.00474. The first-order chi connectivity index (χ1) is 54.0. The van der Waals surface area contributed by atoms with E-state index in [1.807, 2.05) is 112 Å². The number of phenols is 1. The maximum atomic E-state index is 10.5. The molecule has 628 valence electrons.